The van der Waals surface area contributed by atoms with Gasteiger partial charge in [-0.25, -0.2) is 4.39 Å². The van der Waals surface area contributed by atoms with Gasteiger partial charge >= 0.3 is 6.18 Å². The summed E-state index contributed by atoms with van der Waals surface area (Å²) in [6, 6.07) is 8.53. The Hall–Kier alpha value is -2.65. The Balaban J connectivity index is 1.33. The average Bonchev–Trinajstić information content (AvgIpc) is 2.72. The van der Waals surface area contributed by atoms with Crippen molar-refractivity contribution in [3.63, 3.8) is 0 Å². The highest BCUT2D eigenvalue weighted by Gasteiger charge is 2.40. The van der Waals surface area contributed by atoms with Crippen LogP contribution in [0.2, 0.25) is 0 Å². The summed E-state index contributed by atoms with van der Waals surface area (Å²) in [7, 11) is 0. The summed E-state index contributed by atoms with van der Waals surface area (Å²) < 4.78 is 63.0. The van der Waals surface area contributed by atoms with Gasteiger partial charge in [0, 0.05) is 37.1 Å². The molecule has 0 atom stereocenters. The summed E-state index contributed by atoms with van der Waals surface area (Å²) in [6.45, 7) is 0.796. The first-order valence-electron chi connectivity index (χ1n) is 9.89. The summed E-state index contributed by atoms with van der Waals surface area (Å²) in [6.07, 6.45) is -3.62. The Morgan fingerprint density at radius 2 is 1.74 bits per heavy atom. The van der Waals surface area contributed by atoms with Crippen LogP contribution in [0.25, 0.3) is 0 Å². The maximum absolute atomic E-state index is 14.4. The Morgan fingerprint density at radius 1 is 1.10 bits per heavy atom. The minimum atomic E-state index is -4.40. The van der Waals surface area contributed by atoms with Gasteiger partial charge in [0.05, 0.1) is 18.8 Å². The molecule has 4 rings (SSSR count). The third kappa shape index (κ3) is 4.52. The zero-order valence-electron chi connectivity index (χ0n) is 16.5. The second-order valence-corrected chi connectivity index (χ2v) is 7.85. The largest absolute Gasteiger partial charge is 0.490 e. The summed E-state index contributed by atoms with van der Waals surface area (Å²) in [5.41, 5.74) is -1.79. The molecule has 2 heterocycles. The predicted molar refractivity (Wildman–Crippen MR) is 102 cm³/mol. The van der Waals surface area contributed by atoms with Crippen LogP contribution >= 0.6 is 0 Å². The quantitative estimate of drug-likeness (QED) is 0.738. The number of hydrogen-bond donors (Lipinski definition) is 1. The molecule has 9 heteroatoms. The number of ether oxygens (including phenoxy) is 2. The highest BCUT2D eigenvalue weighted by Crippen LogP contribution is 2.32. The molecule has 0 unspecified atom stereocenters. The molecule has 5 nitrogen and oxygen atoms in total. The third-order valence-electron chi connectivity index (χ3n) is 5.61. The first-order chi connectivity index (χ1) is 14.7. The fraction of sp³-hybridized carbons (Fsp3) is 0.409. The fourth-order valence-corrected chi connectivity index (χ4v) is 3.75. The lowest BCUT2D eigenvalue weighted by atomic mass is 9.90. The lowest BCUT2D eigenvalue weighted by Crippen LogP contribution is -2.47. The fourth-order valence-electron chi connectivity index (χ4n) is 3.75. The molecule has 2 aromatic rings. The Kier molecular flexibility index (Phi) is 5.65. The van der Waals surface area contributed by atoms with E-state index in [0.29, 0.717) is 31.7 Å². The van der Waals surface area contributed by atoms with E-state index < -0.39 is 23.2 Å². The predicted octanol–water partition coefficient (Wildman–Crippen LogP) is 3.75. The number of nitrogens with zero attached hydrogens (tertiary/aromatic N) is 1. The molecule has 0 spiro atoms. The molecule has 0 aromatic heterocycles. The molecule has 166 valence electrons. The van der Waals surface area contributed by atoms with Crippen LogP contribution in [0.5, 0.6) is 5.75 Å². The van der Waals surface area contributed by atoms with Gasteiger partial charge in [-0.3, -0.25) is 4.79 Å². The number of carbonyl (C=O) groups is 1. The van der Waals surface area contributed by atoms with Gasteiger partial charge in [-0.1, -0.05) is 6.07 Å². The number of rotatable bonds is 4. The van der Waals surface area contributed by atoms with Gasteiger partial charge in [-0.05, 0) is 36.4 Å². The van der Waals surface area contributed by atoms with E-state index in [-0.39, 0.29) is 36.4 Å². The van der Waals surface area contributed by atoms with Crippen molar-refractivity contribution in [2.45, 2.75) is 30.7 Å². The maximum atomic E-state index is 14.4. The molecule has 2 aromatic carbocycles. The molecule has 0 radical (unpaired) electrons. The van der Waals surface area contributed by atoms with E-state index in [1.54, 1.807) is 4.90 Å². The topological polar surface area (TPSA) is 59.0 Å². The second-order valence-electron chi connectivity index (χ2n) is 7.85. The standard InChI is InChI=1S/C22H21F4NO4/c23-19-11-14(1-6-18(19)21(29)12-30-13-21)20(28)27-9-7-17(8-10-27)31-16-4-2-15(3-5-16)22(24,25)26/h1-6,11,17,29H,7-10,12-13H2. The van der Waals surface area contributed by atoms with Gasteiger partial charge in [0.15, 0.2) is 0 Å². The maximum Gasteiger partial charge on any atom is 0.416 e. The van der Waals surface area contributed by atoms with Gasteiger partial charge in [0.1, 0.15) is 23.3 Å². The van der Waals surface area contributed by atoms with Gasteiger partial charge in [-0.2, -0.15) is 13.2 Å². The van der Waals surface area contributed by atoms with Crippen molar-refractivity contribution >= 4 is 5.91 Å². The number of carbonyl (C=O) groups excluding carboxylic acids is 1. The van der Waals surface area contributed by atoms with E-state index in [1.165, 1.54) is 24.3 Å². The molecule has 0 saturated carbocycles. The zero-order valence-corrected chi connectivity index (χ0v) is 16.5. The van der Waals surface area contributed by atoms with Crippen LogP contribution < -0.4 is 4.74 Å². The van der Waals surface area contributed by atoms with Gasteiger partial charge in [0.2, 0.25) is 0 Å². The number of halogens is 4. The van der Waals surface area contributed by atoms with E-state index in [2.05, 4.69) is 0 Å². The number of alkyl halides is 3. The van der Waals surface area contributed by atoms with Crippen LogP contribution in [0.3, 0.4) is 0 Å². The molecule has 1 N–H and O–H groups in total. The lowest BCUT2D eigenvalue weighted by Gasteiger charge is -2.37. The number of amides is 1. The molecule has 2 saturated heterocycles. The summed E-state index contributed by atoms with van der Waals surface area (Å²) >= 11 is 0. The van der Waals surface area contributed by atoms with Crippen LogP contribution in [0.15, 0.2) is 42.5 Å². The molecular weight excluding hydrogens is 418 g/mol. The van der Waals surface area contributed by atoms with Crippen molar-refractivity contribution in [2.75, 3.05) is 26.3 Å². The van der Waals surface area contributed by atoms with E-state index in [1.807, 2.05) is 0 Å². The van der Waals surface area contributed by atoms with Crippen molar-refractivity contribution < 1.29 is 36.9 Å². The first-order valence-corrected chi connectivity index (χ1v) is 9.89. The second kappa shape index (κ2) is 8.12. The molecule has 31 heavy (non-hydrogen) atoms. The van der Waals surface area contributed by atoms with E-state index in [4.69, 9.17) is 9.47 Å². The molecule has 2 aliphatic heterocycles. The average molecular weight is 439 g/mol. The Morgan fingerprint density at radius 3 is 2.26 bits per heavy atom. The highest BCUT2D eigenvalue weighted by molar-refractivity contribution is 5.94. The Labute approximate surface area is 176 Å². The summed E-state index contributed by atoms with van der Waals surface area (Å²) in [5.74, 6) is -0.638. The SMILES string of the molecule is O=C(c1ccc(C2(O)COC2)c(F)c1)N1CCC(Oc2ccc(C(F)(F)F)cc2)CC1. The van der Waals surface area contributed by atoms with Crippen LogP contribution in [0, 0.1) is 5.82 Å². The third-order valence-corrected chi connectivity index (χ3v) is 5.61. The molecule has 2 fully saturated rings. The van der Waals surface area contributed by atoms with Crippen LogP contribution in [-0.2, 0) is 16.5 Å². The number of aliphatic hydroxyl groups is 1. The monoisotopic (exact) mass is 439 g/mol. The van der Waals surface area contributed by atoms with Gasteiger partial charge < -0.3 is 19.5 Å². The molecule has 0 aliphatic carbocycles. The normalized spacial score (nSPS) is 19.1. The van der Waals surface area contributed by atoms with Crippen molar-refractivity contribution in [3.8, 4) is 5.75 Å². The van der Waals surface area contributed by atoms with Crippen molar-refractivity contribution in [1.29, 1.82) is 0 Å². The van der Waals surface area contributed by atoms with Crippen molar-refractivity contribution in [1.82, 2.24) is 4.90 Å². The molecular formula is C22H21F4NO4. The van der Waals surface area contributed by atoms with Crippen LogP contribution in [0.4, 0.5) is 17.6 Å². The molecule has 1 amide bonds. The summed E-state index contributed by atoms with van der Waals surface area (Å²) in [5, 5.41) is 10.2. The van der Waals surface area contributed by atoms with Gasteiger partial charge in [-0.15, -0.1) is 0 Å². The molecule has 2 aliphatic rings. The zero-order chi connectivity index (χ0) is 22.2. The van der Waals surface area contributed by atoms with Crippen molar-refractivity contribution in [3.05, 3.63) is 65.0 Å². The number of hydrogen-bond acceptors (Lipinski definition) is 4. The van der Waals surface area contributed by atoms with E-state index in [9.17, 15) is 27.5 Å². The summed E-state index contributed by atoms with van der Waals surface area (Å²) in [4.78, 5) is 14.3. The molecule has 0 bridgehead atoms. The number of benzene rings is 2. The minimum Gasteiger partial charge on any atom is -0.490 e. The Bertz CT molecular complexity index is 949. The highest BCUT2D eigenvalue weighted by atomic mass is 19.4. The van der Waals surface area contributed by atoms with E-state index in [0.717, 1.165) is 18.2 Å². The number of piperidine rings is 1. The van der Waals surface area contributed by atoms with Crippen LogP contribution in [0.1, 0.15) is 34.3 Å². The number of likely N-dealkylation sites (tertiary alicyclic amines) is 1. The van der Waals surface area contributed by atoms with Crippen LogP contribution in [-0.4, -0.2) is 48.3 Å². The smallest absolute Gasteiger partial charge is 0.416 e. The van der Waals surface area contributed by atoms with Crippen molar-refractivity contribution in [2.24, 2.45) is 0 Å². The first kappa shape index (κ1) is 21.6. The van der Waals surface area contributed by atoms with Gasteiger partial charge in [0.25, 0.3) is 5.91 Å². The lowest BCUT2D eigenvalue weighted by molar-refractivity contribution is -0.186. The minimum absolute atomic E-state index is 0.0175. The van der Waals surface area contributed by atoms with E-state index >= 15 is 0 Å².